The molecule has 1 N–H and O–H groups in total. The standard InChI is InChI=1S/C13H24N2O3/c1-6-9(2)15-11(16)7-10(12(15)17)14-8-13(3,4)18-5/h9-10,14H,6-8H2,1-5H3. The van der Waals surface area contributed by atoms with E-state index in [1.165, 1.54) is 4.90 Å². The van der Waals surface area contributed by atoms with E-state index in [1.807, 2.05) is 27.7 Å². The lowest BCUT2D eigenvalue weighted by atomic mass is 10.1. The third kappa shape index (κ3) is 3.29. The first-order valence-electron chi connectivity index (χ1n) is 6.46. The predicted molar refractivity (Wildman–Crippen MR) is 69.1 cm³/mol. The summed E-state index contributed by atoms with van der Waals surface area (Å²) in [5.74, 6) is -0.191. The Kier molecular flexibility index (Phi) is 4.87. The molecule has 1 saturated heterocycles. The van der Waals surface area contributed by atoms with Crippen LogP contribution in [0.4, 0.5) is 0 Å². The molecule has 2 unspecified atom stereocenters. The van der Waals surface area contributed by atoms with Gasteiger partial charge in [-0.05, 0) is 27.2 Å². The zero-order valence-electron chi connectivity index (χ0n) is 11.9. The third-order valence-corrected chi connectivity index (χ3v) is 3.54. The molecule has 0 aromatic carbocycles. The van der Waals surface area contributed by atoms with Crippen LogP contribution in [0.1, 0.15) is 40.5 Å². The number of ether oxygens (including phenoxy) is 1. The van der Waals surface area contributed by atoms with Crippen LogP contribution in [0.15, 0.2) is 0 Å². The quantitative estimate of drug-likeness (QED) is 0.718. The number of hydrogen-bond acceptors (Lipinski definition) is 4. The molecule has 1 heterocycles. The van der Waals surface area contributed by atoms with Crippen molar-refractivity contribution in [3.05, 3.63) is 0 Å². The molecule has 0 aromatic heterocycles. The number of methoxy groups -OCH3 is 1. The minimum Gasteiger partial charge on any atom is -0.377 e. The van der Waals surface area contributed by atoms with Gasteiger partial charge in [-0.25, -0.2) is 0 Å². The molecule has 5 nitrogen and oxygen atoms in total. The Labute approximate surface area is 109 Å². The summed E-state index contributed by atoms with van der Waals surface area (Å²) in [6.45, 7) is 8.29. The second-order valence-electron chi connectivity index (χ2n) is 5.46. The van der Waals surface area contributed by atoms with E-state index in [0.717, 1.165) is 6.42 Å². The Balaban J connectivity index is 2.61. The fraction of sp³-hybridized carbons (Fsp3) is 0.846. The van der Waals surface area contributed by atoms with Crippen LogP contribution in [-0.4, -0.2) is 48.1 Å². The molecule has 1 aliphatic heterocycles. The van der Waals surface area contributed by atoms with E-state index in [0.29, 0.717) is 6.54 Å². The summed E-state index contributed by atoms with van der Waals surface area (Å²) in [5.41, 5.74) is -0.340. The highest BCUT2D eigenvalue weighted by atomic mass is 16.5. The van der Waals surface area contributed by atoms with Gasteiger partial charge in [0.1, 0.15) is 0 Å². The summed E-state index contributed by atoms with van der Waals surface area (Å²) in [5, 5.41) is 3.12. The molecule has 104 valence electrons. The molecule has 0 radical (unpaired) electrons. The van der Waals surface area contributed by atoms with E-state index in [-0.39, 0.29) is 29.9 Å². The lowest BCUT2D eigenvalue weighted by Gasteiger charge is -2.25. The van der Waals surface area contributed by atoms with Gasteiger partial charge in [0, 0.05) is 19.7 Å². The van der Waals surface area contributed by atoms with Gasteiger partial charge in [0.15, 0.2) is 0 Å². The summed E-state index contributed by atoms with van der Waals surface area (Å²) in [6.07, 6.45) is 1.04. The largest absolute Gasteiger partial charge is 0.377 e. The van der Waals surface area contributed by atoms with Crippen LogP contribution < -0.4 is 5.32 Å². The van der Waals surface area contributed by atoms with Crippen molar-refractivity contribution in [3.63, 3.8) is 0 Å². The van der Waals surface area contributed by atoms with Gasteiger partial charge in [-0.15, -0.1) is 0 Å². The number of nitrogens with zero attached hydrogens (tertiary/aromatic N) is 1. The summed E-state index contributed by atoms with van der Waals surface area (Å²) in [4.78, 5) is 25.3. The van der Waals surface area contributed by atoms with Gasteiger partial charge in [0.25, 0.3) is 0 Å². The Bertz CT molecular complexity index is 328. The topological polar surface area (TPSA) is 58.6 Å². The fourth-order valence-corrected chi connectivity index (χ4v) is 1.90. The number of likely N-dealkylation sites (tertiary alicyclic amines) is 1. The van der Waals surface area contributed by atoms with Gasteiger partial charge in [-0.2, -0.15) is 0 Å². The van der Waals surface area contributed by atoms with Gasteiger partial charge in [-0.1, -0.05) is 6.92 Å². The molecule has 0 saturated carbocycles. The maximum Gasteiger partial charge on any atom is 0.247 e. The van der Waals surface area contributed by atoms with Crippen molar-refractivity contribution in [1.29, 1.82) is 0 Å². The van der Waals surface area contributed by atoms with Crippen molar-refractivity contribution < 1.29 is 14.3 Å². The summed E-state index contributed by atoms with van der Waals surface area (Å²) in [7, 11) is 1.63. The highest BCUT2D eigenvalue weighted by Gasteiger charge is 2.40. The third-order valence-electron chi connectivity index (χ3n) is 3.54. The molecule has 2 atom stereocenters. The van der Waals surface area contributed by atoms with Gasteiger partial charge >= 0.3 is 0 Å². The maximum atomic E-state index is 12.1. The van der Waals surface area contributed by atoms with Crippen LogP contribution in [0.5, 0.6) is 0 Å². The van der Waals surface area contributed by atoms with Crippen LogP contribution in [0, 0.1) is 0 Å². The van der Waals surface area contributed by atoms with E-state index in [2.05, 4.69) is 5.32 Å². The molecular weight excluding hydrogens is 232 g/mol. The second kappa shape index (κ2) is 5.80. The Hall–Kier alpha value is -0.940. The van der Waals surface area contributed by atoms with Crippen LogP contribution in [0.2, 0.25) is 0 Å². The Morgan fingerprint density at radius 1 is 1.50 bits per heavy atom. The van der Waals surface area contributed by atoms with E-state index in [9.17, 15) is 9.59 Å². The summed E-state index contributed by atoms with van der Waals surface area (Å²) >= 11 is 0. The lowest BCUT2D eigenvalue weighted by molar-refractivity contribution is -0.141. The number of carbonyl (C=O) groups is 2. The summed E-state index contributed by atoms with van der Waals surface area (Å²) < 4.78 is 5.28. The molecule has 0 aromatic rings. The van der Waals surface area contributed by atoms with E-state index < -0.39 is 6.04 Å². The normalized spacial score (nSPS) is 22.7. The molecule has 1 aliphatic rings. The average molecular weight is 256 g/mol. The van der Waals surface area contributed by atoms with E-state index in [1.54, 1.807) is 7.11 Å². The molecular formula is C13H24N2O3. The number of imide groups is 1. The first-order valence-corrected chi connectivity index (χ1v) is 6.46. The van der Waals surface area contributed by atoms with Gasteiger partial charge in [0.05, 0.1) is 18.1 Å². The number of hydrogen-bond donors (Lipinski definition) is 1. The van der Waals surface area contributed by atoms with Crippen molar-refractivity contribution in [3.8, 4) is 0 Å². The predicted octanol–water partition coefficient (Wildman–Crippen LogP) is 0.927. The molecule has 5 heteroatoms. The fourth-order valence-electron chi connectivity index (χ4n) is 1.90. The molecule has 0 spiro atoms. The van der Waals surface area contributed by atoms with Crippen molar-refractivity contribution >= 4 is 11.8 Å². The highest BCUT2D eigenvalue weighted by molar-refractivity contribution is 6.05. The second-order valence-corrected chi connectivity index (χ2v) is 5.46. The van der Waals surface area contributed by atoms with Crippen LogP contribution >= 0.6 is 0 Å². The van der Waals surface area contributed by atoms with Gasteiger partial charge in [0.2, 0.25) is 11.8 Å². The van der Waals surface area contributed by atoms with Crippen molar-refractivity contribution in [2.75, 3.05) is 13.7 Å². The number of carbonyl (C=O) groups excluding carboxylic acids is 2. The molecule has 1 rings (SSSR count). The minimum absolute atomic E-state index is 0.0211. The number of amides is 2. The van der Waals surface area contributed by atoms with Crippen LogP contribution in [0.3, 0.4) is 0 Å². The summed E-state index contributed by atoms with van der Waals surface area (Å²) in [6, 6.07) is -0.423. The smallest absolute Gasteiger partial charge is 0.247 e. The Morgan fingerprint density at radius 3 is 2.61 bits per heavy atom. The average Bonchev–Trinajstić information content (AvgIpc) is 2.61. The van der Waals surface area contributed by atoms with Crippen molar-refractivity contribution in [1.82, 2.24) is 10.2 Å². The minimum atomic E-state index is -0.402. The Morgan fingerprint density at radius 2 is 2.11 bits per heavy atom. The van der Waals surface area contributed by atoms with Crippen molar-refractivity contribution in [2.24, 2.45) is 0 Å². The zero-order valence-corrected chi connectivity index (χ0v) is 11.9. The monoisotopic (exact) mass is 256 g/mol. The highest BCUT2D eigenvalue weighted by Crippen LogP contribution is 2.18. The number of rotatable bonds is 6. The molecule has 2 amide bonds. The van der Waals surface area contributed by atoms with E-state index in [4.69, 9.17) is 4.74 Å². The lowest BCUT2D eigenvalue weighted by Crippen LogP contribution is -2.46. The SMILES string of the molecule is CCC(C)N1C(=O)CC(NCC(C)(C)OC)C1=O. The maximum absolute atomic E-state index is 12.1. The number of nitrogens with one attached hydrogen (secondary N) is 1. The molecule has 0 aliphatic carbocycles. The zero-order chi connectivity index (χ0) is 13.9. The van der Waals surface area contributed by atoms with Crippen molar-refractivity contribution in [2.45, 2.75) is 58.2 Å². The van der Waals surface area contributed by atoms with Crippen LogP contribution in [0.25, 0.3) is 0 Å². The van der Waals surface area contributed by atoms with Gasteiger partial charge in [-0.3, -0.25) is 14.5 Å². The first-order chi connectivity index (χ1) is 8.32. The van der Waals surface area contributed by atoms with E-state index >= 15 is 0 Å². The van der Waals surface area contributed by atoms with Gasteiger partial charge < -0.3 is 10.1 Å². The van der Waals surface area contributed by atoms with Crippen LogP contribution in [-0.2, 0) is 14.3 Å². The molecule has 1 fully saturated rings. The molecule has 18 heavy (non-hydrogen) atoms. The first kappa shape index (κ1) is 15.1. The molecule has 0 bridgehead atoms.